The zero-order valence-corrected chi connectivity index (χ0v) is 17.4. The summed E-state index contributed by atoms with van der Waals surface area (Å²) in [7, 11) is 0. The highest BCUT2D eigenvalue weighted by atomic mass is 16.6. The van der Waals surface area contributed by atoms with E-state index < -0.39 is 0 Å². The maximum absolute atomic E-state index is 12.2. The number of nitrogens with zero attached hydrogens (tertiary/aromatic N) is 1. The van der Waals surface area contributed by atoms with E-state index in [1.54, 1.807) is 24.3 Å². The molecule has 0 aromatic heterocycles. The monoisotopic (exact) mass is 405 g/mol. The Hall–Kier alpha value is -2.25. The predicted molar refractivity (Wildman–Crippen MR) is 108 cm³/mol. The Labute approximate surface area is 172 Å². The molecular weight excluding hydrogens is 374 g/mol. The molecule has 0 aliphatic carbocycles. The minimum Gasteiger partial charge on any atom is -0.463 e. The summed E-state index contributed by atoms with van der Waals surface area (Å²) < 4.78 is 16.1. The summed E-state index contributed by atoms with van der Waals surface area (Å²) in [6, 6.07) is 6.80. The van der Waals surface area contributed by atoms with Crippen LogP contribution in [0.2, 0.25) is 0 Å². The number of ether oxygens (including phenoxy) is 3. The molecule has 0 radical (unpaired) electrons. The van der Waals surface area contributed by atoms with Gasteiger partial charge in [0.05, 0.1) is 50.0 Å². The van der Waals surface area contributed by atoms with E-state index in [1.807, 2.05) is 6.92 Å². The van der Waals surface area contributed by atoms with Gasteiger partial charge >= 0.3 is 5.97 Å². The van der Waals surface area contributed by atoms with Crippen molar-refractivity contribution in [3.63, 3.8) is 0 Å². The Balaban J connectivity index is 1.51. The average molecular weight is 405 g/mol. The number of carbonyl (C=O) groups excluding carboxylic acids is 3. The maximum Gasteiger partial charge on any atom is 0.308 e. The van der Waals surface area contributed by atoms with Crippen LogP contribution in [0.25, 0.3) is 0 Å². The summed E-state index contributed by atoms with van der Waals surface area (Å²) in [4.78, 5) is 37.6. The number of amides is 2. The van der Waals surface area contributed by atoms with Crippen molar-refractivity contribution in [2.24, 2.45) is 5.92 Å². The number of rotatable bonds is 14. The highest BCUT2D eigenvalue weighted by Gasteiger charge is 2.34. The lowest BCUT2D eigenvalue weighted by molar-refractivity contribution is -0.150. The lowest BCUT2D eigenvalue weighted by atomic mass is 10.00. The number of unbranched alkanes of at least 4 members (excludes halogenated alkanes) is 1. The number of esters is 1. The highest BCUT2D eigenvalue weighted by molar-refractivity contribution is 6.21. The Kier molecular flexibility index (Phi) is 9.80. The number of imide groups is 1. The molecule has 0 saturated carbocycles. The lowest BCUT2D eigenvalue weighted by Gasteiger charge is -2.14. The minimum atomic E-state index is -0.281. The fraction of sp³-hybridized carbons (Fsp3) is 0.591. The Morgan fingerprint density at radius 1 is 0.931 bits per heavy atom. The molecule has 1 aliphatic heterocycles. The summed E-state index contributed by atoms with van der Waals surface area (Å²) in [5.74, 6) is -0.740. The molecule has 1 atom stereocenters. The van der Waals surface area contributed by atoms with Crippen LogP contribution in [0.1, 0.15) is 60.2 Å². The number of hydrogen-bond acceptors (Lipinski definition) is 6. The minimum absolute atomic E-state index is 0.0274. The van der Waals surface area contributed by atoms with Gasteiger partial charge in [0.2, 0.25) is 0 Å². The van der Waals surface area contributed by atoms with Crippen molar-refractivity contribution >= 4 is 17.8 Å². The molecule has 1 unspecified atom stereocenters. The van der Waals surface area contributed by atoms with Crippen LogP contribution >= 0.6 is 0 Å². The average Bonchev–Trinajstić information content (AvgIpc) is 2.98. The number of carbonyl (C=O) groups is 3. The van der Waals surface area contributed by atoms with Crippen molar-refractivity contribution in [2.75, 3.05) is 39.6 Å². The summed E-state index contributed by atoms with van der Waals surface area (Å²) in [6.45, 7) is 5.80. The van der Waals surface area contributed by atoms with E-state index in [1.165, 1.54) is 4.90 Å². The first-order chi connectivity index (χ1) is 14.1. The summed E-state index contributed by atoms with van der Waals surface area (Å²) in [6.07, 6.45) is 3.76. The SMILES string of the molecule is CCCCC(CC)C(=O)OCCOCCOCCN1C(=O)c2ccccc2C1=O. The van der Waals surface area contributed by atoms with Crippen LogP contribution < -0.4 is 0 Å². The van der Waals surface area contributed by atoms with E-state index in [4.69, 9.17) is 14.2 Å². The van der Waals surface area contributed by atoms with Crippen molar-refractivity contribution in [3.05, 3.63) is 35.4 Å². The fourth-order valence-electron chi connectivity index (χ4n) is 3.18. The first-order valence-corrected chi connectivity index (χ1v) is 10.4. The van der Waals surface area contributed by atoms with Gasteiger partial charge in [0.15, 0.2) is 0 Å². The van der Waals surface area contributed by atoms with Crippen LogP contribution in [0.15, 0.2) is 24.3 Å². The van der Waals surface area contributed by atoms with Gasteiger partial charge in [-0.15, -0.1) is 0 Å². The van der Waals surface area contributed by atoms with Gasteiger partial charge in [-0.3, -0.25) is 19.3 Å². The molecule has 0 N–H and O–H groups in total. The van der Waals surface area contributed by atoms with Gasteiger partial charge in [0.25, 0.3) is 11.8 Å². The van der Waals surface area contributed by atoms with Crippen molar-refractivity contribution in [2.45, 2.75) is 39.5 Å². The smallest absolute Gasteiger partial charge is 0.308 e. The molecule has 7 heteroatoms. The quantitative estimate of drug-likeness (QED) is 0.269. The molecule has 0 saturated heterocycles. The third-order valence-electron chi connectivity index (χ3n) is 4.91. The standard InChI is InChI=1S/C22H31NO6/c1-3-5-8-17(4-2)22(26)29-16-15-28-14-13-27-12-11-23-20(24)18-9-6-7-10-19(18)21(23)25/h6-7,9-10,17H,3-5,8,11-16H2,1-2H3. The topological polar surface area (TPSA) is 82.1 Å². The van der Waals surface area contributed by atoms with Gasteiger partial charge in [0.1, 0.15) is 6.61 Å². The molecule has 2 amide bonds. The second kappa shape index (κ2) is 12.3. The first-order valence-electron chi connectivity index (χ1n) is 10.4. The van der Waals surface area contributed by atoms with Crippen LogP contribution in [0.3, 0.4) is 0 Å². The molecule has 2 rings (SSSR count). The van der Waals surface area contributed by atoms with Gasteiger partial charge in [-0.2, -0.15) is 0 Å². The van der Waals surface area contributed by atoms with Gasteiger partial charge in [-0.1, -0.05) is 38.8 Å². The van der Waals surface area contributed by atoms with E-state index in [0.29, 0.717) is 30.9 Å². The third kappa shape index (κ3) is 6.65. The van der Waals surface area contributed by atoms with Gasteiger partial charge < -0.3 is 14.2 Å². The molecule has 160 valence electrons. The van der Waals surface area contributed by atoms with Crippen molar-refractivity contribution in [3.8, 4) is 0 Å². The van der Waals surface area contributed by atoms with E-state index in [9.17, 15) is 14.4 Å². The summed E-state index contributed by atoms with van der Waals surface area (Å²) in [5, 5.41) is 0. The van der Waals surface area contributed by atoms with E-state index in [0.717, 1.165) is 25.7 Å². The lowest BCUT2D eigenvalue weighted by Crippen LogP contribution is -2.33. The molecule has 0 bridgehead atoms. The van der Waals surface area contributed by atoms with Gasteiger partial charge in [0, 0.05) is 0 Å². The summed E-state index contributed by atoms with van der Waals surface area (Å²) >= 11 is 0. The Morgan fingerprint density at radius 2 is 1.52 bits per heavy atom. The van der Waals surface area contributed by atoms with Crippen molar-refractivity contribution < 1.29 is 28.6 Å². The largest absolute Gasteiger partial charge is 0.463 e. The van der Waals surface area contributed by atoms with Crippen LogP contribution in [0.5, 0.6) is 0 Å². The zero-order chi connectivity index (χ0) is 21.1. The van der Waals surface area contributed by atoms with Crippen LogP contribution in [-0.4, -0.2) is 62.3 Å². The van der Waals surface area contributed by atoms with Crippen molar-refractivity contribution in [1.82, 2.24) is 4.90 Å². The molecule has 7 nitrogen and oxygen atoms in total. The zero-order valence-electron chi connectivity index (χ0n) is 17.4. The third-order valence-corrected chi connectivity index (χ3v) is 4.91. The molecule has 1 heterocycles. The molecule has 1 aromatic rings. The molecule has 0 spiro atoms. The highest BCUT2D eigenvalue weighted by Crippen LogP contribution is 2.21. The molecule has 29 heavy (non-hydrogen) atoms. The van der Waals surface area contributed by atoms with Gasteiger partial charge in [-0.25, -0.2) is 0 Å². The van der Waals surface area contributed by atoms with E-state index in [2.05, 4.69) is 6.92 Å². The van der Waals surface area contributed by atoms with Crippen molar-refractivity contribution in [1.29, 1.82) is 0 Å². The van der Waals surface area contributed by atoms with Crippen LogP contribution in [-0.2, 0) is 19.0 Å². The number of fused-ring (bicyclic) bond motifs is 1. The summed E-state index contributed by atoms with van der Waals surface area (Å²) in [5.41, 5.74) is 0.880. The Morgan fingerprint density at radius 3 is 2.10 bits per heavy atom. The first kappa shape index (κ1) is 23.0. The van der Waals surface area contributed by atoms with Gasteiger partial charge in [-0.05, 0) is 25.0 Å². The Bertz CT molecular complexity index is 655. The maximum atomic E-state index is 12.2. The molecule has 1 aromatic carbocycles. The van der Waals surface area contributed by atoms with Crippen LogP contribution in [0, 0.1) is 5.92 Å². The van der Waals surface area contributed by atoms with E-state index in [-0.39, 0.29) is 43.5 Å². The normalized spacial score (nSPS) is 14.2. The van der Waals surface area contributed by atoms with Crippen LogP contribution in [0.4, 0.5) is 0 Å². The second-order valence-electron chi connectivity index (χ2n) is 6.95. The fourth-order valence-corrected chi connectivity index (χ4v) is 3.18. The molecule has 1 aliphatic rings. The predicted octanol–water partition coefficient (Wildman–Crippen LogP) is 3.08. The second-order valence-corrected chi connectivity index (χ2v) is 6.95. The molecular formula is C22H31NO6. The van der Waals surface area contributed by atoms with E-state index >= 15 is 0 Å². The number of hydrogen-bond donors (Lipinski definition) is 0. The number of benzene rings is 1. The molecule has 0 fully saturated rings.